The van der Waals surface area contributed by atoms with Crippen LogP contribution in [0.5, 0.6) is 0 Å². The van der Waals surface area contributed by atoms with Crippen LogP contribution < -0.4 is 5.73 Å². The predicted molar refractivity (Wildman–Crippen MR) is 61.1 cm³/mol. The van der Waals surface area contributed by atoms with Gasteiger partial charge in [0, 0.05) is 11.6 Å². The van der Waals surface area contributed by atoms with Gasteiger partial charge in [0.2, 0.25) is 0 Å². The smallest absolute Gasteiger partial charge is 0.128 e. The van der Waals surface area contributed by atoms with E-state index in [0.717, 1.165) is 0 Å². The topological polar surface area (TPSA) is 29.3 Å². The van der Waals surface area contributed by atoms with Crippen LogP contribution in [0.1, 0.15) is 19.4 Å². The Hall–Kier alpha value is -0.930. The van der Waals surface area contributed by atoms with Crippen LogP contribution in [0.25, 0.3) is 0 Å². The molecule has 0 heterocycles. The van der Waals surface area contributed by atoms with E-state index in [1.165, 1.54) is 6.07 Å². The van der Waals surface area contributed by atoms with Crippen LogP contribution in [-0.4, -0.2) is 25.0 Å². The zero-order valence-corrected chi connectivity index (χ0v) is 9.79. The molecule has 1 aromatic carbocycles. The number of nitrogens with two attached hydrogens (primary N) is 1. The van der Waals surface area contributed by atoms with E-state index in [0.29, 0.717) is 5.56 Å². The van der Waals surface area contributed by atoms with Gasteiger partial charge in [0.15, 0.2) is 0 Å². The Morgan fingerprint density at radius 3 is 2.33 bits per heavy atom. The van der Waals surface area contributed by atoms with Crippen LogP contribution in [0.4, 0.5) is 4.39 Å². The molecule has 2 unspecified atom stereocenters. The van der Waals surface area contributed by atoms with Crippen molar-refractivity contribution in [2.75, 3.05) is 14.1 Å². The second-order valence-corrected chi connectivity index (χ2v) is 4.40. The van der Waals surface area contributed by atoms with E-state index in [2.05, 4.69) is 0 Å². The lowest BCUT2D eigenvalue weighted by Gasteiger charge is -2.36. The number of likely N-dealkylation sites (N-methyl/N-ethyl adjacent to an activating group) is 1. The minimum atomic E-state index is -0.686. The molecule has 2 N–H and O–H groups in total. The van der Waals surface area contributed by atoms with Crippen molar-refractivity contribution < 1.29 is 4.39 Å². The molecule has 0 bridgehead atoms. The van der Waals surface area contributed by atoms with E-state index in [4.69, 9.17) is 5.73 Å². The number of hydrogen-bond acceptors (Lipinski definition) is 2. The maximum Gasteiger partial charge on any atom is 0.128 e. The minimum Gasteiger partial charge on any atom is -0.320 e. The number of hydrogen-bond donors (Lipinski definition) is 1. The summed E-state index contributed by atoms with van der Waals surface area (Å²) in [6, 6.07) is 6.74. The van der Waals surface area contributed by atoms with Crippen molar-refractivity contribution in [1.29, 1.82) is 0 Å². The third-order valence-corrected chi connectivity index (χ3v) is 3.10. The summed E-state index contributed by atoms with van der Waals surface area (Å²) in [5, 5.41) is 0. The number of halogens is 1. The third-order valence-electron chi connectivity index (χ3n) is 3.10. The van der Waals surface area contributed by atoms with Crippen LogP contribution in [-0.2, 0) is 5.54 Å². The predicted octanol–water partition coefficient (Wildman–Crippen LogP) is 1.95. The average Bonchev–Trinajstić information content (AvgIpc) is 2.16. The normalized spacial score (nSPS) is 17.5. The fourth-order valence-corrected chi connectivity index (χ4v) is 1.66. The van der Waals surface area contributed by atoms with E-state index in [-0.39, 0.29) is 11.9 Å². The maximum atomic E-state index is 13.6. The van der Waals surface area contributed by atoms with Crippen molar-refractivity contribution in [3.05, 3.63) is 35.6 Å². The lowest BCUT2D eigenvalue weighted by atomic mass is 9.85. The van der Waals surface area contributed by atoms with Crippen molar-refractivity contribution in [2.24, 2.45) is 5.73 Å². The summed E-state index contributed by atoms with van der Waals surface area (Å²) < 4.78 is 13.6. The van der Waals surface area contributed by atoms with Crippen molar-refractivity contribution in [3.8, 4) is 0 Å². The van der Waals surface area contributed by atoms with Gasteiger partial charge in [0.25, 0.3) is 0 Å². The SMILES string of the molecule is CC(N(C)C)C(C)(N)c1ccccc1F. The van der Waals surface area contributed by atoms with E-state index in [9.17, 15) is 4.39 Å². The molecule has 1 rings (SSSR count). The zero-order chi connectivity index (χ0) is 11.6. The lowest BCUT2D eigenvalue weighted by molar-refractivity contribution is 0.203. The highest BCUT2D eigenvalue weighted by molar-refractivity contribution is 5.26. The van der Waals surface area contributed by atoms with Crippen molar-refractivity contribution in [1.82, 2.24) is 4.90 Å². The Labute approximate surface area is 90.9 Å². The van der Waals surface area contributed by atoms with Crippen LogP contribution in [0.2, 0.25) is 0 Å². The van der Waals surface area contributed by atoms with Crippen LogP contribution in [0.15, 0.2) is 24.3 Å². The van der Waals surface area contributed by atoms with Gasteiger partial charge in [0.05, 0.1) is 5.54 Å². The molecule has 15 heavy (non-hydrogen) atoms. The van der Waals surface area contributed by atoms with Crippen molar-refractivity contribution in [2.45, 2.75) is 25.4 Å². The Balaban J connectivity index is 3.11. The highest BCUT2D eigenvalue weighted by Gasteiger charge is 2.32. The third kappa shape index (κ3) is 2.36. The maximum absolute atomic E-state index is 13.6. The summed E-state index contributed by atoms with van der Waals surface area (Å²) in [4.78, 5) is 1.99. The number of benzene rings is 1. The molecule has 84 valence electrons. The molecule has 2 nitrogen and oxygen atoms in total. The van der Waals surface area contributed by atoms with Gasteiger partial charge in [-0.2, -0.15) is 0 Å². The van der Waals surface area contributed by atoms with Crippen LogP contribution in [0, 0.1) is 5.82 Å². The Morgan fingerprint density at radius 1 is 1.33 bits per heavy atom. The van der Waals surface area contributed by atoms with Gasteiger partial charge in [-0.05, 0) is 34.0 Å². The highest BCUT2D eigenvalue weighted by atomic mass is 19.1. The van der Waals surface area contributed by atoms with Crippen molar-refractivity contribution in [3.63, 3.8) is 0 Å². The number of nitrogens with zero attached hydrogens (tertiary/aromatic N) is 1. The fourth-order valence-electron chi connectivity index (χ4n) is 1.66. The Bertz CT molecular complexity index is 334. The lowest BCUT2D eigenvalue weighted by Crippen LogP contribution is -2.50. The quantitative estimate of drug-likeness (QED) is 0.826. The number of rotatable bonds is 3. The molecule has 0 aliphatic carbocycles. The van der Waals surface area contributed by atoms with E-state index < -0.39 is 5.54 Å². The van der Waals surface area contributed by atoms with Gasteiger partial charge >= 0.3 is 0 Å². The largest absolute Gasteiger partial charge is 0.320 e. The van der Waals surface area contributed by atoms with Gasteiger partial charge in [-0.25, -0.2) is 4.39 Å². The molecule has 0 spiro atoms. The molecular formula is C12H19FN2. The molecule has 0 aromatic heterocycles. The zero-order valence-electron chi connectivity index (χ0n) is 9.79. The molecule has 0 fully saturated rings. The molecule has 1 aromatic rings. The van der Waals surface area contributed by atoms with Crippen LogP contribution >= 0.6 is 0 Å². The summed E-state index contributed by atoms with van der Waals surface area (Å²) in [7, 11) is 3.88. The monoisotopic (exact) mass is 210 g/mol. The van der Waals surface area contributed by atoms with Gasteiger partial charge in [-0.3, -0.25) is 0 Å². The molecule has 0 saturated carbocycles. The van der Waals surface area contributed by atoms with Gasteiger partial charge in [-0.15, -0.1) is 0 Å². The first-order chi connectivity index (χ1) is 6.87. The second kappa shape index (κ2) is 4.29. The van der Waals surface area contributed by atoms with Crippen LogP contribution in [0.3, 0.4) is 0 Å². The van der Waals surface area contributed by atoms with Gasteiger partial charge in [0.1, 0.15) is 5.82 Å². The molecule has 3 heteroatoms. The summed E-state index contributed by atoms with van der Waals surface area (Å²) in [6.45, 7) is 3.85. The minimum absolute atomic E-state index is 0.0643. The van der Waals surface area contributed by atoms with E-state index in [1.54, 1.807) is 12.1 Å². The van der Waals surface area contributed by atoms with E-state index in [1.807, 2.05) is 38.9 Å². The molecule has 0 saturated heterocycles. The molecule has 2 atom stereocenters. The van der Waals surface area contributed by atoms with Gasteiger partial charge in [-0.1, -0.05) is 18.2 Å². The standard InChI is InChI=1S/C12H19FN2/c1-9(15(3)4)12(2,14)10-7-5-6-8-11(10)13/h5-9H,14H2,1-4H3. The summed E-state index contributed by atoms with van der Waals surface area (Å²) in [6.07, 6.45) is 0. The van der Waals surface area contributed by atoms with Crippen molar-refractivity contribution >= 4 is 0 Å². The van der Waals surface area contributed by atoms with Gasteiger partial charge < -0.3 is 10.6 Å². The first-order valence-electron chi connectivity index (χ1n) is 5.07. The highest BCUT2D eigenvalue weighted by Crippen LogP contribution is 2.26. The second-order valence-electron chi connectivity index (χ2n) is 4.40. The average molecular weight is 210 g/mol. The molecule has 0 aliphatic heterocycles. The first-order valence-corrected chi connectivity index (χ1v) is 5.07. The first kappa shape index (κ1) is 12.1. The molecular weight excluding hydrogens is 191 g/mol. The van der Waals surface area contributed by atoms with E-state index >= 15 is 0 Å². The fraction of sp³-hybridized carbons (Fsp3) is 0.500. The summed E-state index contributed by atoms with van der Waals surface area (Å²) in [5.74, 6) is -0.240. The summed E-state index contributed by atoms with van der Waals surface area (Å²) in [5.41, 5.74) is 6.08. The molecule has 0 radical (unpaired) electrons. The molecule has 0 aliphatic rings. The Kier molecular flexibility index (Phi) is 3.47. The summed E-state index contributed by atoms with van der Waals surface area (Å²) >= 11 is 0. The Morgan fingerprint density at radius 2 is 1.87 bits per heavy atom. The molecule has 0 amide bonds.